The summed E-state index contributed by atoms with van der Waals surface area (Å²) in [4.78, 5) is 0.118. The molecule has 0 spiro atoms. The second kappa shape index (κ2) is 6.47. The Hall–Kier alpha value is -2.90. The zero-order chi connectivity index (χ0) is 16.2. The van der Waals surface area contributed by atoms with Crippen molar-refractivity contribution < 1.29 is 0 Å². The Morgan fingerprint density at radius 3 is 2.52 bits per heavy atom. The molecule has 0 radical (unpaired) electrons. The topological polar surface area (TPSA) is 54.7 Å². The van der Waals surface area contributed by atoms with Gasteiger partial charge in [-0.05, 0) is 17.7 Å². The van der Waals surface area contributed by atoms with Crippen molar-refractivity contribution in [2.45, 2.75) is 6.54 Å². The van der Waals surface area contributed by atoms with E-state index in [1.165, 1.54) is 5.56 Å². The number of nitriles is 1. The van der Waals surface area contributed by atoms with E-state index in [0.717, 1.165) is 23.0 Å². The third-order valence-electron chi connectivity index (χ3n) is 3.70. The summed E-state index contributed by atoms with van der Waals surface area (Å²) in [6, 6.07) is 20.4. The van der Waals surface area contributed by atoms with Crippen molar-refractivity contribution in [3.8, 4) is 6.07 Å². The van der Waals surface area contributed by atoms with Crippen LogP contribution in [-0.4, -0.2) is 9.56 Å². The molecule has 0 amide bonds. The average molecular weight is 317 g/mol. The Bertz CT molecular complexity index is 930. The Morgan fingerprint density at radius 1 is 1.13 bits per heavy atom. The number of nitrogens with zero attached hydrogens (tertiary/aromatic N) is 2. The number of benzene rings is 2. The summed E-state index contributed by atoms with van der Waals surface area (Å²) in [5.41, 5.74) is 9.21. The summed E-state index contributed by atoms with van der Waals surface area (Å²) in [5.74, 6) is 0. The number of hydrogen-bond acceptors (Lipinski definition) is 2. The maximum absolute atomic E-state index is 9.18. The first-order chi connectivity index (χ1) is 11.2. The number of hydrogen-bond donors (Lipinski definition) is 1. The van der Waals surface area contributed by atoms with Crippen LogP contribution in [0.3, 0.4) is 0 Å². The quantitative estimate of drug-likeness (QED) is 0.451. The average Bonchev–Trinajstić information content (AvgIpc) is 2.91. The molecular weight excluding hydrogens is 302 g/mol. The molecule has 0 aliphatic heterocycles. The molecule has 23 heavy (non-hydrogen) atoms. The van der Waals surface area contributed by atoms with Crippen molar-refractivity contribution in [3.63, 3.8) is 0 Å². The van der Waals surface area contributed by atoms with Gasteiger partial charge in [-0.1, -0.05) is 60.7 Å². The van der Waals surface area contributed by atoms with Crippen LogP contribution in [-0.2, 0) is 6.54 Å². The largest absolute Gasteiger partial charge is 0.389 e. The van der Waals surface area contributed by atoms with E-state index in [4.69, 9.17) is 18.0 Å². The van der Waals surface area contributed by atoms with E-state index in [9.17, 15) is 5.26 Å². The predicted octanol–water partition coefficient (Wildman–Crippen LogP) is 3.88. The molecule has 0 atom stereocenters. The molecule has 1 aromatic heterocycles. The maximum Gasteiger partial charge on any atom is 0.114 e. The summed E-state index contributed by atoms with van der Waals surface area (Å²) in [5, 5.41) is 10.3. The predicted molar refractivity (Wildman–Crippen MR) is 97.9 cm³/mol. The molecule has 0 aliphatic rings. The van der Waals surface area contributed by atoms with Crippen LogP contribution < -0.4 is 5.73 Å². The van der Waals surface area contributed by atoms with Gasteiger partial charge < -0.3 is 10.3 Å². The number of aromatic nitrogens is 1. The molecule has 1 heterocycles. The van der Waals surface area contributed by atoms with Crippen LogP contribution in [0.5, 0.6) is 0 Å². The molecule has 4 heteroatoms. The van der Waals surface area contributed by atoms with Gasteiger partial charge in [0.2, 0.25) is 0 Å². The summed E-state index contributed by atoms with van der Waals surface area (Å²) < 4.78 is 2.17. The van der Waals surface area contributed by atoms with Crippen molar-refractivity contribution in [2.24, 2.45) is 5.73 Å². The summed E-state index contributed by atoms with van der Waals surface area (Å²) in [6.45, 7) is 0.768. The van der Waals surface area contributed by atoms with Crippen LogP contribution in [0.4, 0.5) is 0 Å². The lowest BCUT2D eigenvalue weighted by Gasteiger charge is -2.05. The van der Waals surface area contributed by atoms with E-state index in [-0.39, 0.29) is 4.99 Å². The van der Waals surface area contributed by atoms with Crippen LogP contribution in [0.15, 0.2) is 66.4 Å². The minimum Gasteiger partial charge on any atom is -0.389 e. The highest BCUT2D eigenvalue weighted by Crippen LogP contribution is 2.24. The van der Waals surface area contributed by atoms with Crippen LogP contribution in [0.1, 0.15) is 11.1 Å². The minimum absolute atomic E-state index is 0.118. The zero-order valence-electron chi connectivity index (χ0n) is 12.4. The van der Waals surface area contributed by atoms with Gasteiger partial charge in [0.1, 0.15) is 11.1 Å². The van der Waals surface area contributed by atoms with Crippen molar-refractivity contribution in [1.82, 2.24) is 4.57 Å². The Kier molecular flexibility index (Phi) is 4.22. The molecule has 0 bridgehead atoms. The van der Waals surface area contributed by atoms with Gasteiger partial charge in [0.15, 0.2) is 0 Å². The standard InChI is InChI=1S/C19H15N3S/c20-11-15(19(21)23)10-16-13-22(12-14-6-2-1-3-7-14)18-9-5-4-8-17(16)18/h1-10,13H,12H2,(H2,21,23)/b15-10-. The number of fused-ring (bicyclic) bond motifs is 1. The monoisotopic (exact) mass is 317 g/mol. The Labute approximate surface area is 140 Å². The highest BCUT2D eigenvalue weighted by Gasteiger charge is 2.09. The SMILES string of the molecule is N#C/C(=C/c1cn(Cc2ccccc2)c2ccccc12)C(N)=S. The van der Waals surface area contributed by atoms with Gasteiger partial charge in [0, 0.05) is 29.2 Å². The van der Waals surface area contributed by atoms with Crippen LogP contribution in [0.2, 0.25) is 0 Å². The second-order valence-corrected chi connectivity index (χ2v) is 5.69. The van der Waals surface area contributed by atoms with Crippen molar-refractivity contribution in [1.29, 1.82) is 5.26 Å². The zero-order valence-corrected chi connectivity index (χ0v) is 13.3. The van der Waals surface area contributed by atoms with E-state index in [0.29, 0.717) is 5.57 Å². The molecule has 2 N–H and O–H groups in total. The van der Waals surface area contributed by atoms with Crippen LogP contribution in [0, 0.1) is 11.3 Å². The first-order valence-electron chi connectivity index (χ1n) is 7.22. The fourth-order valence-electron chi connectivity index (χ4n) is 2.62. The first-order valence-corrected chi connectivity index (χ1v) is 7.63. The van der Waals surface area contributed by atoms with E-state index >= 15 is 0 Å². The van der Waals surface area contributed by atoms with Gasteiger partial charge in [0.25, 0.3) is 0 Å². The molecule has 112 valence electrons. The third kappa shape index (κ3) is 3.15. The smallest absolute Gasteiger partial charge is 0.114 e. The van der Waals surface area contributed by atoms with Gasteiger partial charge in [-0.15, -0.1) is 0 Å². The third-order valence-corrected chi connectivity index (χ3v) is 3.92. The normalized spacial score (nSPS) is 11.3. The number of para-hydroxylation sites is 1. The van der Waals surface area contributed by atoms with E-state index in [1.54, 1.807) is 6.08 Å². The van der Waals surface area contributed by atoms with Gasteiger partial charge in [-0.2, -0.15) is 5.26 Å². The lowest BCUT2D eigenvalue weighted by Crippen LogP contribution is -2.09. The molecule has 3 aromatic rings. The summed E-state index contributed by atoms with van der Waals surface area (Å²) in [6.07, 6.45) is 3.79. The molecule has 0 saturated heterocycles. The van der Waals surface area contributed by atoms with E-state index < -0.39 is 0 Å². The molecule has 0 saturated carbocycles. The number of nitrogens with two attached hydrogens (primary N) is 1. The van der Waals surface area contributed by atoms with E-state index in [2.05, 4.69) is 28.8 Å². The second-order valence-electron chi connectivity index (χ2n) is 5.25. The van der Waals surface area contributed by atoms with Gasteiger partial charge >= 0.3 is 0 Å². The Morgan fingerprint density at radius 2 is 1.83 bits per heavy atom. The van der Waals surface area contributed by atoms with Crippen molar-refractivity contribution in [3.05, 3.63) is 77.5 Å². The van der Waals surface area contributed by atoms with E-state index in [1.807, 2.05) is 42.6 Å². The fourth-order valence-corrected chi connectivity index (χ4v) is 2.72. The lowest BCUT2D eigenvalue weighted by atomic mass is 10.1. The number of rotatable bonds is 4. The van der Waals surface area contributed by atoms with Gasteiger partial charge in [-0.3, -0.25) is 0 Å². The summed E-state index contributed by atoms with van der Waals surface area (Å²) in [7, 11) is 0. The Balaban J connectivity index is 2.11. The molecular formula is C19H15N3S. The molecule has 3 rings (SSSR count). The molecule has 3 nitrogen and oxygen atoms in total. The van der Waals surface area contributed by atoms with Crippen molar-refractivity contribution >= 4 is 34.2 Å². The maximum atomic E-state index is 9.18. The van der Waals surface area contributed by atoms with Gasteiger partial charge in [-0.25, -0.2) is 0 Å². The highest BCUT2D eigenvalue weighted by atomic mass is 32.1. The number of thiocarbonyl (C=S) groups is 1. The lowest BCUT2D eigenvalue weighted by molar-refractivity contribution is 0.836. The minimum atomic E-state index is 0.118. The van der Waals surface area contributed by atoms with Crippen molar-refractivity contribution in [2.75, 3.05) is 0 Å². The molecule has 0 aliphatic carbocycles. The highest BCUT2D eigenvalue weighted by molar-refractivity contribution is 7.80. The van der Waals surface area contributed by atoms with Crippen LogP contribution in [0.25, 0.3) is 17.0 Å². The molecule has 0 fully saturated rings. The summed E-state index contributed by atoms with van der Waals surface area (Å²) >= 11 is 4.93. The fraction of sp³-hybridized carbons (Fsp3) is 0.0526. The van der Waals surface area contributed by atoms with Crippen LogP contribution >= 0.6 is 12.2 Å². The van der Waals surface area contributed by atoms with Gasteiger partial charge in [0.05, 0.1) is 5.57 Å². The molecule has 0 unspecified atom stereocenters. The molecule has 2 aromatic carbocycles. The first kappa shape index (κ1) is 15.0.